The van der Waals surface area contributed by atoms with Gasteiger partial charge in [-0.15, -0.1) is 0 Å². The second-order valence-electron chi connectivity index (χ2n) is 6.88. The van der Waals surface area contributed by atoms with E-state index in [2.05, 4.69) is 19.2 Å². The summed E-state index contributed by atoms with van der Waals surface area (Å²) in [5.74, 6) is 0.878. The Bertz CT molecular complexity index is 296. The van der Waals surface area contributed by atoms with E-state index in [0.717, 1.165) is 32.1 Å². The zero-order chi connectivity index (χ0) is 13.2. The Morgan fingerprint density at radius 2 is 1.78 bits per heavy atom. The molecule has 0 atom stereocenters. The van der Waals surface area contributed by atoms with Gasteiger partial charge in [0.15, 0.2) is 0 Å². The first-order valence-corrected chi connectivity index (χ1v) is 7.55. The Morgan fingerprint density at radius 3 is 2.17 bits per heavy atom. The fourth-order valence-electron chi connectivity index (χ4n) is 3.71. The number of carbonyl (C=O) groups is 1. The summed E-state index contributed by atoms with van der Waals surface area (Å²) in [4.78, 5) is 12.7. The first kappa shape index (κ1) is 13.9. The lowest BCUT2D eigenvalue weighted by molar-refractivity contribution is -0.135. The smallest absolute Gasteiger partial charge is 0.226 e. The highest BCUT2D eigenvalue weighted by Crippen LogP contribution is 2.44. The Balaban J connectivity index is 2.04. The molecular weight excluding hydrogens is 224 g/mol. The molecule has 2 aliphatic carbocycles. The van der Waals surface area contributed by atoms with Gasteiger partial charge in [-0.05, 0) is 44.4 Å². The van der Waals surface area contributed by atoms with E-state index in [4.69, 9.17) is 5.73 Å². The monoisotopic (exact) mass is 252 g/mol. The van der Waals surface area contributed by atoms with Crippen LogP contribution in [0.4, 0.5) is 0 Å². The van der Waals surface area contributed by atoms with E-state index in [1.165, 1.54) is 19.3 Å². The fourth-order valence-corrected chi connectivity index (χ4v) is 3.71. The molecule has 2 fully saturated rings. The topological polar surface area (TPSA) is 55.1 Å². The Morgan fingerprint density at radius 1 is 1.17 bits per heavy atom. The van der Waals surface area contributed by atoms with Gasteiger partial charge in [-0.3, -0.25) is 4.79 Å². The molecule has 0 saturated heterocycles. The first-order valence-electron chi connectivity index (χ1n) is 7.55. The van der Waals surface area contributed by atoms with Crippen LogP contribution in [0.3, 0.4) is 0 Å². The molecule has 3 nitrogen and oxygen atoms in total. The maximum atomic E-state index is 12.7. The van der Waals surface area contributed by atoms with Crippen LogP contribution in [0.25, 0.3) is 0 Å². The Hall–Kier alpha value is -0.570. The fraction of sp³-hybridized carbons (Fsp3) is 0.933. The highest BCUT2D eigenvalue weighted by atomic mass is 16.2. The van der Waals surface area contributed by atoms with Gasteiger partial charge in [-0.2, -0.15) is 0 Å². The van der Waals surface area contributed by atoms with Crippen molar-refractivity contribution >= 4 is 5.91 Å². The second-order valence-corrected chi connectivity index (χ2v) is 6.88. The third-order valence-corrected chi connectivity index (χ3v) is 4.92. The molecule has 1 amide bonds. The van der Waals surface area contributed by atoms with Crippen LogP contribution in [0.5, 0.6) is 0 Å². The number of hydrogen-bond donors (Lipinski definition) is 2. The van der Waals surface area contributed by atoms with Gasteiger partial charge >= 0.3 is 0 Å². The summed E-state index contributed by atoms with van der Waals surface area (Å²) in [6, 6.07) is 0. The third-order valence-electron chi connectivity index (χ3n) is 4.92. The summed E-state index contributed by atoms with van der Waals surface area (Å²) in [7, 11) is 0. The van der Waals surface area contributed by atoms with E-state index < -0.39 is 0 Å². The SMILES string of the molecule is CC(C)CC1(C(=O)NC2(CN)CCC2)CCCC1. The maximum Gasteiger partial charge on any atom is 0.226 e. The predicted octanol–water partition coefficient (Wildman–Crippen LogP) is 2.59. The van der Waals surface area contributed by atoms with Gasteiger partial charge in [0, 0.05) is 12.0 Å². The maximum absolute atomic E-state index is 12.7. The summed E-state index contributed by atoms with van der Waals surface area (Å²) in [6.45, 7) is 5.03. The normalized spacial score (nSPS) is 24.9. The highest BCUT2D eigenvalue weighted by Gasteiger charge is 2.45. The molecule has 0 aromatic heterocycles. The lowest BCUT2D eigenvalue weighted by Crippen LogP contribution is -2.61. The molecule has 18 heavy (non-hydrogen) atoms. The van der Waals surface area contributed by atoms with Crippen LogP contribution in [0.2, 0.25) is 0 Å². The van der Waals surface area contributed by atoms with Crippen molar-refractivity contribution in [2.24, 2.45) is 17.1 Å². The van der Waals surface area contributed by atoms with Crippen LogP contribution in [0.1, 0.15) is 65.2 Å². The average Bonchev–Trinajstić information content (AvgIpc) is 2.72. The Labute approximate surface area is 111 Å². The summed E-state index contributed by atoms with van der Waals surface area (Å²) in [6.07, 6.45) is 8.90. The quantitative estimate of drug-likeness (QED) is 0.790. The second kappa shape index (κ2) is 5.20. The molecule has 0 spiro atoms. The van der Waals surface area contributed by atoms with Gasteiger partial charge in [-0.25, -0.2) is 0 Å². The van der Waals surface area contributed by atoms with E-state index in [0.29, 0.717) is 18.4 Å². The summed E-state index contributed by atoms with van der Waals surface area (Å²) in [5, 5.41) is 3.30. The molecule has 0 unspecified atom stereocenters. The molecule has 0 aromatic rings. The minimum Gasteiger partial charge on any atom is -0.349 e. The van der Waals surface area contributed by atoms with Crippen molar-refractivity contribution < 1.29 is 4.79 Å². The number of hydrogen-bond acceptors (Lipinski definition) is 2. The van der Waals surface area contributed by atoms with Crippen LogP contribution >= 0.6 is 0 Å². The molecule has 0 radical (unpaired) electrons. The van der Waals surface area contributed by atoms with Gasteiger partial charge in [0.05, 0.1) is 5.54 Å². The van der Waals surface area contributed by atoms with Crippen LogP contribution < -0.4 is 11.1 Å². The molecule has 2 saturated carbocycles. The van der Waals surface area contributed by atoms with Crippen LogP contribution in [-0.4, -0.2) is 18.0 Å². The molecule has 2 rings (SSSR count). The van der Waals surface area contributed by atoms with Crippen molar-refractivity contribution in [2.45, 2.75) is 70.8 Å². The van der Waals surface area contributed by atoms with Crippen molar-refractivity contribution in [3.05, 3.63) is 0 Å². The third kappa shape index (κ3) is 2.56. The zero-order valence-corrected chi connectivity index (χ0v) is 11.9. The predicted molar refractivity (Wildman–Crippen MR) is 74.1 cm³/mol. The highest BCUT2D eigenvalue weighted by molar-refractivity contribution is 5.83. The standard InChI is InChI=1S/C15H28N2O/c1-12(2)10-14(6-3-4-7-14)13(18)17-15(11-16)8-5-9-15/h12H,3-11,16H2,1-2H3,(H,17,18). The number of carbonyl (C=O) groups excluding carboxylic acids is 1. The number of nitrogens with two attached hydrogens (primary N) is 1. The van der Waals surface area contributed by atoms with E-state index >= 15 is 0 Å². The average molecular weight is 252 g/mol. The summed E-state index contributed by atoms with van der Waals surface area (Å²) < 4.78 is 0. The first-order chi connectivity index (χ1) is 8.52. The number of amides is 1. The summed E-state index contributed by atoms with van der Waals surface area (Å²) >= 11 is 0. The zero-order valence-electron chi connectivity index (χ0n) is 11.9. The van der Waals surface area contributed by atoms with Crippen LogP contribution in [-0.2, 0) is 4.79 Å². The molecule has 0 bridgehead atoms. The van der Waals surface area contributed by atoms with Crippen LogP contribution in [0.15, 0.2) is 0 Å². The van der Waals surface area contributed by atoms with Gasteiger partial charge < -0.3 is 11.1 Å². The van der Waals surface area contributed by atoms with Crippen molar-refractivity contribution in [2.75, 3.05) is 6.54 Å². The van der Waals surface area contributed by atoms with Crippen molar-refractivity contribution in [3.63, 3.8) is 0 Å². The van der Waals surface area contributed by atoms with E-state index in [9.17, 15) is 4.79 Å². The number of nitrogens with one attached hydrogen (secondary N) is 1. The van der Waals surface area contributed by atoms with Crippen molar-refractivity contribution in [1.29, 1.82) is 0 Å². The molecule has 0 heterocycles. The minimum absolute atomic E-state index is 0.0658. The van der Waals surface area contributed by atoms with Crippen molar-refractivity contribution in [1.82, 2.24) is 5.32 Å². The molecular formula is C15H28N2O. The van der Waals surface area contributed by atoms with Crippen LogP contribution in [0, 0.1) is 11.3 Å². The minimum atomic E-state index is -0.0913. The van der Waals surface area contributed by atoms with E-state index in [1.54, 1.807) is 0 Å². The molecule has 104 valence electrons. The molecule has 0 aromatic carbocycles. The van der Waals surface area contributed by atoms with Gasteiger partial charge in [-0.1, -0.05) is 26.7 Å². The van der Waals surface area contributed by atoms with Crippen molar-refractivity contribution in [3.8, 4) is 0 Å². The van der Waals surface area contributed by atoms with Gasteiger partial charge in [0.25, 0.3) is 0 Å². The van der Waals surface area contributed by atoms with E-state index in [1.807, 2.05) is 0 Å². The van der Waals surface area contributed by atoms with Gasteiger partial charge in [0.1, 0.15) is 0 Å². The molecule has 3 N–H and O–H groups in total. The van der Waals surface area contributed by atoms with Gasteiger partial charge in [0.2, 0.25) is 5.91 Å². The van der Waals surface area contributed by atoms with E-state index in [-0.39, 0.29) is 11.0 Å². The summed E-state index contributed by atoms with van der Waals surface area (Å²) in [5.41, 5.74) is 5.69. The molecule has 3 heteroatoms. The molecule has 0 aliphatic heterocycles. The number of rotatable bonds is 5. The lowest BCUT2D eigenvalue weighted by atomic mass is 9.73. The lowest BCUT2D eigenvalue weighted by Gasteiger charge is -2.44. The Kier molecular flexibility index (Phi) is 4.00. The largest absolute Gasteiger partial charge is 0.349 e. The molecule has 2 aliphatic rings.